The normalized spacial score (nSPS) is 13.8. The fourth-order valence-electron chi connectivity index (χ4n) is 2.68. The zero-order valence-electron chi connectivity index (χ0n) is 12.8. The SMILES string of the molecule is Cc1nsc(-n2nnc3c2CCN(C(=O)c2ccc(F)cc2)C3)n1. The van der Waals surface area contributed by atoms with Gasteiger partial charge in [-0.2, -0.15) is 9.06 Å². The maximum atomic E-state index is 13.0. The van der Waals surface area contributed by atoms with Gasteiger partial charge in [-0.15, -0.1) is 5.10 Å². The van der Waals surface area contributed by atoms with Crippen LogP contribution in [0.4, 0.5) is 4.39 Å². The number of aryl methyl sites for hydroxylation is 1. The summed E-state index contributed by atoms with van der Waals surface area (Å²) >= 11 is 1.27. The molecule has 0 unspecified atom stereocenters. The standard InChI is InChI=1S/C15H13FN6OS/c1-9-17-15(24-19-9)22-13-6-7-21(8-12(13)18-20-22)14(23)10-2-4-11(16)5-3-10/h2-5H,6-8H2,1H3. The van der Waals surface area contributed by atoms with Crippen LogP contribution in [0.2, 0.25) is 0 Å². The second-order valence-electron chi connectivity index (χ2n) is 5.50. The molecule has 0 radical (unpaired) electrons. The van der Waals surface area contributed by atoms with Crippen LogP contribution in [0.1, 0.15) is 27.6 Å². The molecule has 9 heteroatoms. The van der Waals surface area contributed by atoms with Crippen molar-refractivity contribution in [1.82, 2.24) is 29.3 Å². The van der Waals surface area contributed by atoms with E-state index in [1.165, 1.54) is 35.8 Å². The van der Waals surface area contributed by atoms with Crippen molar-refractivity contribution in [3.8, 4) is 5.13 Å². The van der Waals surface area contributed by atoms with Crippen LogP contribution >= 0.6 is 11.5 Å². The molecule has 24 heavy (non-hydrogen) atoms. The van der Waals surface area contributed by atoms with Crippen molar-refractivity contribution in [2.24, 2.45) is 0 Å². The Balaban J connectivity index is 1.57. The maximum Gasteiger partial charge on any atom is 0.254 e. The third-order valence-electron chi connectivity index (χ3n) is 3.88. The van der Waals surface area contributed by atoms with Gasteiger partial charge < -0.3 is 4.90 Å². The molecule has 0 spiro atoms. The molecule has 0 saturated carbocycles. The molecule has 1 aromatic carbocycles. The smallest absolute Gasteiger partial charge is 0.254 e. The lowest BCUT2D eigenvalue weighted by Crippen LogP contribution is -2.36. The van der Waals surface area contributed by atoms with Gasteiger partial charge in [0.15, 0.2) is 0 Å². The molecule has 4 rings (SSSR count). The fraction of sp³-hybridized carbons (Fsp3) is 0.267. The molecule has 122 valence electrons. The van der Waals surface area contributed by atoms with Gasteiger partial charge in [-0.05, 0) is 31.2 Å². The summed E-state index contributed by atoms with van der Waals surface area (Å²) in [6.07, 6.45) is 0.633. The minimum absolute atomic E-state index is 0.137. The Hall–Kier alpha value is -2.68. The number of hydrogen-bond acceptors (Lipinski definition) is 6. The van der Waals surface area contributed by atoms with Gasteiger partial charge >= 0.3 is 0 Å². The van der Waals surface area contributed by atoms with Crippen LogP contribution in [0.15, 0.2) is 24.3 Å². The highest BCUT2D eigenvalue weighted by Crippen LogP contribution is 2.22. The van der Waals surface area contributed by atoms with Crippen molar-refractivity contribution in [2.45, 2.75) is 19.9 Å². The zero-order chi connectivity index (χ0) is 16.7. The number of hydrogen-bond donors (Lipinski definition) is 0. The molecule has 1 amide bonds. The topological polar surface area (TPSA) is 76.8 Å². The van der Waals surface area contributed by atoms with Crippen LogP contribution in [0.3, 0.4) is 0 Å². The molecule has 0 fully saturated rings. The highest BCUT2D eigenvalue weighted by atomic mass is 32.1. The summed E-state index contributed by atoms with van der Waals surface area (Å²) in [5, 5.41) is 9.01. The molecular weight excluding hydrogens is 331 g/mol. The Kier molecular flexibility index (Phi) is 3.57. The van der Waals surface area contributed by atoms with Gasteiger partial charge in [0, 0.05) is 30.1 Å². The Labute approximate surface area is 140 Å². The average Bonchev–Trinajstić information content (AvgIpc) is 3.20. The van der Waals surface area contributed by atoms with E-state index >= 15 is 0 Å². The summed E-state index contributed by atoms with van der Waals surface area (Å²) in [5.41, 5.74) is 2.17. The van der Waals surface area contributed by atoms with Crippen LogP contribution < -0.4 is 0 Å². The number of fused-ring (bicyclic) bond motifs is 1. The largest absolute Gasteiger partial charge is 0.332 e. The Bertz CT molecular complexity index is 903. The first kappa shape index (κ1) is 14.9. The van der Waals surface area contributed by atoms with Gasteiger partial charge in [-0.1, -0.05) is 5.21 Å². The van der Waals surface area contributed by atoms with E-state index < -0.39 is 0 Å². The molecule has 1 aliphatic heterocycles. The minimum Gasteiger partial charge on any atom is -0.332 e. The molecule has 2 aromatic heterocycles. The first-order chi connectivity index (χ1) is 11.6. The third-order valence-corrected chi connectivity index (χ3v) is 4.66. The molecule has 7 nitrogen and oxygen atoms in total. The number of nitrogens with zero attached hydrogens (tertiary/aromatic N) is 6. The summed E-state index contributed by atoms with van der Waals surface area (Å²) in [4.78, 5) is 18.5. The van der Waals surface area contributed by atoms with Crippen LogP contribution in [-0.4, -0.2) is 41.7 Å². The number of aromatic nitrogens is 5. The van der Waals surface area contributed by atoms with Crippen molar-refractivity contribution in [3.63, 3.8) is 0 Å². The lowest BCUT2D eigenvalue weighted by Gasteiger charge is -2.26. The molecule has 3 heterocycles. The molecule has 3 aromatic rings. The Morgan fingerprint density at radius 2 is 2.08 bits per heavy atom. The second kappa shape index (κ2) is 5.75. The number of halogens is 1. The first-order valence-electron chi connectivity index (χ1n) is 7.41. The summed E-state index contributed by atoms with van der Waals surface area (Å²) in [7, 11) is 0. The van der Waals surface area contributed by atoms with Crippen LogP contribution in [-0.2, 0) is 13.0 Å². The Morgan fingerprint density at radius 1 is 1.29 bits per heavy atom. The quantitative estimate of drug-likeness (QED) is 0.708. The minimum atomic E-state index is -0.359. The summed E-state index contributed by atoms with van der Waals surface area (Å²) < 4.78 is 18.9. The fourth-order valence-corrected chi connectivity index (χ4v) is 3.33. The van der Waals surface area contributed by atoms with Crippen molar-refractivity contribution < 1.29 is 9.18 Å². The van der Waals surface area contributed by atoms with Gasteiger partial charge in [-0.25, -0.2) is 9.37 Å². The summed E-state index contributed by atoms with van der Waals surface area (Å²) in [5.74, 6) is 0.202. The maximum absolute atomic E-state index is 13.0. The predicted octanol–water partition coefficient (Wildman–Crippen LogP) is 1.76. The van der Waals surface area contributed by atoms with Gasteiger partial charge in [0.1, 0.15) is 17.3 Å². The predicted molar refractivity (Wildman–Crippen MR) is 84.4 cm³/mol. The monoisotopic (exact) mass is 344 g/mol. The molecule has 0 saturated heterocycles. The first-order valence-corrected chi connectivity index (χ1v) is 8.18. The molecule has 0 N–H and O–H groups in total. The van der Waals surface area contributed by atoms with Crippen molar-refractivity contribution >= 4 is 17.4 Å². The van der Waals surface area contributed by atoms with Gasteiger partial charge in [0.25, 0.3) is 5.91 Å². The average molecular weight is 344 g/mol. The van der Waals surface area contributed by atoms with Crippen molar-refractivity contribution in [3.05, 3.63) is 52.9 Å². The van der Waals surface area contributed by atoms with E-state index in [0.29, 0.717) is 36.0 Å². The van der Waals surface area contributed by atoms with Crippen LogP contribution in [0.25, 0.3) is 5.13 Å². The van der Waals surface area contributed by atoms with E-state index in [1.807, 2.05) is 6.92 Å². The molecular formula is C15H13FN6OS. The van der Waals surface area contributed by atoms with Crippen molar-refractivity contribution in [2.75, 3.05) is 6.54 Å². The van der Waals surface area contributed by atoms with E-state index in [4.69, 9.17) is 0 Å². The van der Waals surface area contributed by atoms with E-state index in [1.54, 1.807) is 9.58 Å². The van der Waals surface area contributed by atoms with Gasteiger partial charge in [-0.3, -0.25) is 4.79 Å². The lowest BCUT2D eigenvalue weighted by molar-refractivity contribution is 0.0731. The summed E-state index contributed by atoms with van der Waals surface area (Å²) in [6.45, 7) is 2.75. The third kappa shape index (κ3) is 2.56. The number of carbonyl (C=O) groups is 1. The number of carbonyl (C=O) groups excluding carboxylic acids is 1. The molecule has 1 aliphatic rings. The molecule has 0 bridgehead atoms. The highest BCUT2D eigenvalue weighted by molar-refractivity contribution is 7.08. The van der Waals surface area contributed by atoms with Crippen LogP contribution in [0.5, 0.6) is 0 Å². The van der Waals surface area contributed by atoms with Gasteiger partial charge in [0.2, 0.25) is 5.13 Å². The lowest BCUT2D eigenvalue weighted by atomic mass is 10.1. The number of benzene rings is 1. The summed E-state index contributed by atoms with van der Waals surface area (Å²) in [6, 6.07) is 5.56. The van der Waals surface area contributed by atoms with Gasteiger partial charge in [0.05, 0.1) is 12.2 Å². The highest BCUT2D eigenvalue weighted by Gasteiger charge is 2.27. The molecule has 0 aliphatic carbocycles. The van der Waals surface area contributed by atoms with E-state index in [9.17, 15) is 9.18 Å². The zero-order valence-corrected chi connectivity index (χ0v) is 13.6. The van der Waals surface area contributed by atoms with Crippen LogP contribution in [0, 0.1) is 12.7 Å². The second-order valence-corrected chi connectivity index (χ2v) is 6.23. The Morgan fingerprint density at radius 3 is 2.79 bits per heavy atom. The van der Waals surface area contributed by atoms with E-state index in [-0.39, 0.29) is 11.7 Å². The number of rotatable bonds is 2. The van der Waals surface area contributed by atoms with E-state index in [2.05, 4.69) is 19.7 Å². The number of amides is 1. The van der Waals surface area contributed by atoms with E-state index in [0.717, 1.165) is 11.4 Å². The van der Waals surface area contributed by atoms with Crippen molar-refractivity contribution in [1.29, 1.82) is 0 Å². The molecule has 0 atom stereocenters.